The van der Waals surface area contributed by atoms with E-state index in [0.717, 1.165) is 11.1 Å². The molecule has 0 spiro atoms. The molecule has 3 atom stereocenters. The third-order valence-corrected chi connectivity index (χ3v) is 6.59. The SMILES string of the molecule is CC(CC(=O)O)CC(=O)NC(C)C(/C=C/c1ccc2ccccc2c1)Cc1ccc(Cl)c(Cl)c1. The number of carbonyl (C=O) groups is 2. The average molecular weight is 498 g/mol. The number of carboxylic acids is 1. The maximum absolute atomic E-state index is 12.6. The van der Waals surface area contributed by atoms with Gasteiger partial charge in [0.1, 0.15) is 0 Å². The Morgan fingerprint density at radius 1 is 0.941 bits per heavy atom. The van der Waals surface area contributed by atoms with Gasteiger partial charge in [-0.3, -0.25) is 9.59 Å². The Labute approximate surface area is 210 Å². The second-order valence-corrected chi connectivity index (χ2v) is 9.66. The van der Waals surface area contributed by atoms with Gasteiger partial charge in [0.05, 0.1) is 10.0 Å². The highest BCUT2D eigenvalue weighted by molar-refractivity contribution is 6.42. The number of halogens is 2. The first kappa shape index (κ1) is 25.8. The molecule has 2 N–H and O–H groups in total. The summed E-state index contributed by atoms with van der Waals surface area (Å²) in [5.74, 6) is -1.29. The predicted octanol–water partition coefficient (Wildman–Crippen LogP) is 7.02. The summed E-state index contributed by atoms with van der Waals surface area (Å²) in [6.45, 7) is 3.73. The summed E-state index contributed by atoms with van der Waals surface area (Å²) in [5.41, 5.74) is 2.09. The van der Waals surface area contributed by atoms with Crippen LogP contribution in [0.25, 0.3) is 16.8 Å². The van der Waals surface area contributed by atoms with Crippen LogP contribution in [0.5, 0.6) is 0 Å². The van der Waals surface area contributed by atoms with Crippen LogP contribution in [-0.2, 0) is 16.0 Å². The molecule has 0 aromatic heterocycles. The van der Waals surface area contributed by atoms with E-state index in [1.165, 1.54) is 10.8 Å². The van der Waals surface area contributed by atoms with E-state index in [1.807, 2.05) is 31.2 Å². The fraction of sp³-hybridized carbons (Fsp3) is 0.286. The van der Waals surface area contributed by atoms with Crippen molar-refractivity contribution in [3.05, 3.63) is 87.9 Å². The number of carboxylic acid groups (broad SMARTS) is 1. The zero-order valence-electron chi connectivity index (χ0n) is 19.3. The van der Waals surface area contributed by atoms with E-state index >= 15 is 0 Å². The maximum atomic E-state index is 12.6. The molecule has 1 amide bonds. The lowest BCUT2D eigenvalue weighted by Gasteiger charge is -2.23. The number of rotatable bonds is 10. The van der Waals surface area contributed by atoms with Gasteiger partial charge in [-0.15, -0.1) is 0 Å². The molecule has 0 fully saturated rings. The lowest BCUT2D eigenvalue weighted by atomic mass is 9.91. The first-order valence-electron chi connectivity index (χ1n) is 11.3. The Bertz CT molecular complexity index is 1190. The number of nitrogens with one attached hydrogen (secondary N) is 1. The monoisotopic (exact) mass is 497 g/mol. The van der Waals surface area contributed by atoms with Crippen LogP contribution in [0.15, 0.2) is 66.7 Å². The lowest BCUT2D eigenvalue weighted by molar-refractivity contribution is -0.138. The summed E-state index contributed by atoms with van der Waals surface area (Å²) in [7, 11) is 0. The second-order valence-electron chi connectivity index (χ2n) is 8.85. The maximum Gasteiger partial charge on any atom is 0.303 e. The number of benzene rings is 3. The standard InChI is InChI=1S/C28H29Cl2NO3/c1-18(14-28(33)34)13-27(32)31-19(2)23(16-21-9-12-25(29)26(30)17-21)11-8-20-7-10-22-5-3-4-6-24(22)15-20/h3-12,15,17-19,23H,13-14,16H2,1-2H3,(H,31,32)(H,33,34)/b11-8+. The zero-order valence-corrected chi connectivity index (χ0v) is 20.8. The summed E-state index contributed by atoms with van der Waals surface area (Å²) >= 11 is 12.3. The van der Waals surface area contributed by atoms with E-state index in [-0.39, 0.29) is 36.6 Å². The minimum atomic E-state index is -0.899. The zero-order chi connectivity index (χ0) is 24.7. The van der Waals surface area contributed by atoms with Crippen molar-refractivity contribution in [1.29, 1.82) is 0 Å². The second kappa shape index (κ2) is 12.0. The summed E-state index contributed by atoms with van der Waals surface area (Å²) < 4.78 is 0. The van der Waals surface area contributed by atoms with Gasteiger partial charge in [0.2, 0.25) is 5.91 Å². The molecule has 3 aromatic carbocycles. The molecule has 3 unspecified atom stereocenters. The first-order valence-corrected chi connectivity index (χ1v) is 12.1. The number of hydrogen-bond donors (Lipinski definition) is 2. The molecule has 0 bridgehead atoms. The minimum Gasteiger partial charge on any atom is -0.481 e. The van der Waals surface area contributed by atoms with Gasteiger partial charge in [-0.05, 0) is 59.4 Å². The van der Waals surface area contributed by atoms with Gasteiger partial charge in [-0.2, -0.15) is 0 Å². The number of fused-ring (bicyclic) bond motifs is 1. The highest BCUT2D eigenvalue weighted by Crippen LogP contribution is 2.26. The topological polar surface area (TPSA) is 66.4 Å². The van der Waals surface area contributed by atoms with Crippen LogP contribution in [0.1, 0.15) is 37.8 Å². The van der Waals surface area contributed by atoms with Gasteiger partial charge in [0, 0.05) is 24.8 Å². The molecule has 0 heterocycles. The third kappa shape index (κ3) is 7.61. The average Bonchev–Trinajstić information content (AvgIpc) is 2.78. The molecular formula is C28H29Cl2NO3. The van der Waals surface area contributed by atoms with Crippen LogP contribution >= 0.6 is 23.2 Å². The fourth-order valence-corrected chi connectivity index (χ4v) is 4.32. The van der Waals surface area contributed by atoms with E-state index in [0.29, 0.717) is 16.5 Å². The van der Waals surface area contributed by atoms with Crippen molar-refractivity contribution in [3.63, 3.8) is 0 Å². The van der Waals surface area contributed by atoms with E-state index < -0.39 is 5.97 Å². The molecule has 34 heavy (non-hydrogen) atoms. The molecule has 0 aliphatic heterocycles. The third-order valence-electron chi connectivity index (χ3n) is 5.85. The Morgan fingerprint density at radius 2 is 1.68 bits per heavy atom. The van der Waals surface area contributed by atoms with E-state index in [1.54, 1.807) is 13.0 Å². The molecule has 0 aliphatic rings. The van der Waals surface area contributed by atoms with Gasteiger partial charge in [-0.25, -0.2) is 0 Å². The molecule has 4 nitrogen and oxygen atoms in total. The first-order chi connectivity index (χ1) is 16.2. The molecule has 178 valence electrons. The van der Waals surface area contributed by atoms with Crippen LogP contribution in [0.4, 0.5) is 0 Å². The summed E-state index contributed by atoms with van der Waals surface area (Å²) in [6, 6.07) is 19.9. The van der Waals surface area contributed by atoms with Crippen molar-refractivity contribution in [2.75, 3.05) is 0 Å². The van der Waals surface area contributed by atoms with Crippen molar-refractivity contribution in [2.24, 2.45) is 11.8 Å². The molecule has 0 radical (unpaired) electrons. The Morgan fingerprint density at radius 3 is 2.38 bits per heavy atom. The quantitative estimate of drug-likeness (QED) is 0.316. The van der Waals surface area contributed by atoms with Crippen LogP contribution in [0, 0.1) is 11.8 Å². The van der Waals surface area contributed by atoms with Crippen LogP contribution < -0.4 is 5.32 Å². The van der Waals surface area contributed by atoms with E-state index in [4.69, 9.17) is 28.3 Å². The van der Waals surface area contributed by atoms with Crippen molar-refractivity contribution >= 4 is 51.9 Å². The summed E-state index contributed by atoms with van der Waals surface area (Å²) in [6.07, 6.45) is 4.98. The van der Waals surface area contributed by atoms with Gasteiger partial charge in [0.15, 0.2) is 0 Å². The number of carbonyl (C=O) groups excluding carboxylic acids is 1. The molecule has 0 saturated carbocycles. The van der Waals surface area contributed by atoms with Gasteiger partial charge in [-0.1, -0.05) is 84.7 Å². The Balaban J connectivity index is 1.78. The van der Waals surface area contributed by atoms with Crippen molar-refractivity contribution in [3.8, 4) is 0 Å². The number of amides is 1. The van der Waals surface area contributed by atoms with Gasteiger partial charge < -0.3 is 10.4 Å². The van der Waals surface area contributed by atoms with Crippen LogP contribution in [0.2, 0.25) is 10.0 Å². The Kier molecular flexibility index (Phi) is 9.14. The lowest BCUT2D eigenvalue weighted by Crippen LogP contribution is -2.39. The summed E-state index contributed by atoms with van der Waals surface area (Å²) in [4.78, 5) is 23.5. The molecule has 6 heteroatoms. The smallest absolute Gasteiger partial charge is 0.303 e. The summed E-state index contributed by atoms with van der Waals surface area (Å²) in [5, 5.41) is 15.4. The number of hydrogen-bond acceptors (Lipinski definition) is 2. The van der Waals surface area contributed by atoms with Crippen molar-refractivity contribution in [1.82, 2.24) is 5.32 Å². The molecular weight excluding hydrogens is 469 g/mol. The van der Waals surface area contributed by atoms with Crippen molar-refractivity contribution in [2.45, 2.75) is 39.2 Å². The minimum absolute atomic E-state index is 0.0116. The predicted molar refractivity (Wildman–Crippen MR) is 140 cm³/mol. The van der Waals surface area contributed by atoms with Crippen molar-refractivity contribution < 1.29 is 14.7 Å². The van der Waals surface area contributed by atoms with Gasteiger partial charge >= 0.3 is 5.97 Å². The van der Waals surface area contributed by atoms with Gasteiger partial charge in [0.25, 0.3) is 0 Å². The Hall–Kier alpha value is -2.82. The van der Waals surface area contributed by atoms with E-state index in [9.17, 15) is 9.59 Å². The highest BCUT2D eigenvalue weighted by Gasteiger charge is 2.20. The van der Waals surface area contributed by atoms with Crippen LogP contribution in [0.3, 0.4) is 0 Å². The molecule has 0 saturated heterocycles. The fourth-order valence-electron chi connectivity index (χ4n) is 4.00. The van der Waals surface area contributed by atoms with E-state index in [2.05, 4.69) is 47.8 Å². The molecule has 3 rings (SSSR count). The number of aliphatic carboxylic acids is 1. The molecule has 0 aliphatic carbocycles. The van der Waals surface area contributed by atoms with Crippen LogP contribution in [-0.4, -0.2) is 23.0 Å². The highest BCUT2D eigenvalue weighted by atomic mass is 35.5. The normalized spacial score (nSPS) is 14.1. The molecule has 3 aromatic rings. The largest absolute Gasteiger partial charge is 0.481 e.